The van der Waals surface area contributed by atoms with Gasteiger partial charge in [-0.25, -0.2) is 0 Å². The van der Waals surface area contributed by atoms with Crippen molar-refractivity contribution in [2.45, 2.75) is 0 Å². The van der Waals surface area contributed by atoms with Crippen molar-refractivity contribution in [3.8, 4) is 0 Å². The van der Waals surface area contributed by atoms with Crippen LogP contribution < -0.4 is 0 Å². The van der Waals surface area contributed by atoms with Gasteiger partial charge in [0.15, 0.2) is 0 Å². The number of nitrogens with zero attached hydrogens (tertiary/aromatic N) is 3. The van der Waals surface area contributed by atoms with Gasteiger partial charge in [0.1, 0.15) is 0 Å². The number of hydrogen-bond acceptors (Lipinski definition) is 10. The second kappa shape index (κ2) is 29.3. The van der Waals surface area contributed by atoms with Crippen LogP contribution in [0.5, 0.6) is 0 Å². The molecule has 0 saturated carbocycles. The van der Waals surface area contributed by atoms with Crippen LogP contribution in [0.25, 0.3) is 0 Å². The maximum Gasteiger partial charge on any atom is 2.00 e. The Morgan fingerprint density at radius 2 is 0.667 bits per heavy atom. The van der Waals surface area contributed by atoms with Crippen molar-refractivity contribution in [1.29, 1.82) is 0 Å². The zero-order valence-corrected chi connectivity index (χ0v) is 10.6. The van der Waals surface area contributed by atoms with E-state index in [1.165, 1.54) is 0 Å². The minimum Gasteiger partial charge on any atom is 2.00 e. The van der Waals surface area contributed by atoms with Gasteiger partial charge in [0, 0.05) is 0 Å². The first-order valence-electron chi connectivity index (χ1n) is 1.78. The third-order valence-electron chi connectivity index (χ3n) is 0. The van der Waals surface area contributed by atoms with Crippen LogP contribution in [0.3, 0.4) is 0 Å². The standard InChI is InChI=1S/3NO3.H2O.2Pt/c3*2-1(3)4;;;/h;;;1H2;;/q3*-1;;2*+2/p-1. The number of hydrogen-bond donors (Lipinski definition) is 1. The Balaban J connectivity index is -0.0000000298. The first-order valence-corrected chi connectivity index (χ1v) is 2.80. The molecule has 1 N–H and O–H groups in total. The van der Waals surface area contributed by atoms with Crippen LogP contribution in [-0.4, -0.2) is 19.0 Å². The van der Waals surface area contributed by atoms with Crippen LogP contribution in [0.4, 0.5) is 0 Å². The van der Waals surface area contributed by atoms with Gasteiger partial charge in [-0.05, 0) is 0 Å². The van der Waals surface area contributed by atoms with E-state index in [9.17, 15) is 0 Å². The van der Waals surface area contributed by atoms with Gasteiger partial charge in [-0.3, -0.25) is 0 Å². The maximum absolute atomic E-state index is 8.25. The minimum absolute atomic E-state index is 0. The molecule has 13 nitrogen and oxygen atoms in total. The molecule has 0 aliphatic carbocycles. The van der Waals surface area contributed by atoms with Gasteiger partial charge in [-0.2, -0.15) is 0 Å². The predicted molar refractivity (Wildman–Crippen MR) is 33.3 cm³/mol. The summed E-state index contributed by atoms with van der Waals surface area (Å²) in [6, 6.07) is 0. The van der Waals surface area contributed by atoms with Gasteiger partial charge >= 0.3 is 45.0 Å². The van der Waals surface area contributed by atoms with Crippen molar-refractivity contribution in [2.24, 2.45) is 0 Å². The zero-order valence-electron chi connectivity index (χ0n) is 6.10. The van der Waals surface area contributed by atoms with E-state index in [2.05, 4.69) is 0 Å². The molecule has 0 spiro atoms. The van der Waals surface area contributed by atoms with Gasteiger partial charge in [0.2, 0.25) is 0 Å². The van der Waals surface area contributed by atoms with E-state index >= 15 is 0 Å². The van der Waals surface area contributed by atoms with Crippen molar-refractivity contribution in [3.05, 3.63) is 46.0 Å². The average Bonchev–Trinajstić information content (AvgIpc) is 1.86. The molecule has 0 bridgehead atoms. The molecule has 15 heavy (non-hydrogen) atoms. The summed E-state index contributed by atoms with van der Waals surface area (Å²) in [5, 5.41) is 44.2. The second-order valence-electron chi connectivity index (χ2n) is 0.671. The molecule has 0 aliphatic heterocycles. The molecule has 15 heteroatoms. The van der Waals surface area contributed by atoms with Gasteiger partial charge in [-0.15, -0.1) is 0 Å². The molecular formula is HN3O10Pt2. The fourth-order valence-corrected chi connectivity index (χ4v) is 0. The van der Waals surface area contributed by atoms with Crippen LogP contribution in [0.15, 0.2) is 0 Å². The van der Waals surface area contributed by atoms with Gasteiger partial charge in [0.05, 0.1) is 15.3 Å². The molecule has 0 aromatic carbocycles. The van der Waals surface area contributed by atoms with E-state index in [4.69, 9.17) is 49.7 Å². The molecule has 0 rings (SSSR count). The van der Waals surface area contributed by atoms with Crippen LogP contribution >= 0.6 is 0 Å². The summed E-state index contributed by atoms with van der Waals surface area (Å²) < 4.78 is 6.97. The summed E-state index contributed by atoms with van der Waals surface area (Å²) in [6.07, 6.45) is 0. The molecule has 96 valence electrons. The van der Waals surface area contributed by atoms with E-state index in [1.807, 2.05) is 0 Å². The summed E-state index contributed by atoms with van der Waals surface area (Å²) in [6.45, 7) is 0. The summed E-state index contributed by atoms with van der Waals surface area (Å²) in [4.78, 5) is 24.8. The van der Waals surface area contributed by atoms with Crippen LogP contribution in [-0.2, 0) is 41.3 Å². The largest absolute Gasteiger partial charge is 2.00 e. The minimum atomic E-state index is -1.75. The molecule has 0 aromatic heterocycles. The third kappa shape index (κ3) is 1370. The van der Waals surface area contributed by atoms with E-state index in [-0.39, 0.29) is 21.1 Å². The Bertz CT molecular complexity index is 116. The SMILES string of the molecule is O=[N+]([O-])[O-].O=[N+]([O-])[O-].O=[N+]([O-])[O-].[OH][Pt+].[Pt+2]. The van der Waals surface area contributed by atoms with Gasteiger partial charge in [-0.1, -0.05) is 0 Å². The van der Waals surface area contributed by atoms with Crippen LogP contribution in [0.1, 0.15) is 0 Å². The molecule has 0 unspecified atom stereocenters. The van der Waals surface area contributed by atoms with Crippen molar-refractivity contribution >= 4 is 0 Å². The molecule has 0 atom stereocenters. The third-order valence-corrected chi connectivity index (χ3v) is 0. The molecule has 0 aromatic rings. The fraction of sp³-hybridized carbons (Fsp3) is 0. The summed E-state index contributed by atoms with van der Waals surface area (Å²) in [7, 11) is 0. The topological polar surface area (TPSA) is 219 Å². The van der Waals surface area contributed by atoms with E-state index in [0.29, 0.717) is 0 Å². The maximum atomic E-state index is 8.25. The quantitative estimate of drug-likeness (QED) is 0.259. The average molecular weight is 593 g/mol. The Hall–Kier alpha value is -1.06. The molecule has 0 radical (unpaired) electrons. The van der Waals surface area contributed by atoms with Crippen molar-refractivity contribution in [2.75, 3.05) is 0 Å². The zero-order chi connectivity index (χ0) is 12.7. The molecule has 0 fully saturated rings. The van der Waals surface area contributed by atoms with Crippen LogP contribution in [0.2, 0.25) is 0 Å². The fourth-order valence-electron chi connectivity index (χ4n) is 0. The monoisotopic (exact) mass is 593 g/mol. The molecule has 0 amide bonds. The summed E-state index contributed by atoms with van der Waals surface area (Å²) in [5.41, 5.74) is 0. The second-order valence-corrected chi connectivity index (χ2v) is 0.671. The van der Waals surface area contributed by atoms with E-state index < -0.39 is 15.3 Å². The normalized spacial score (nSPS) is 5.27. The summed E-state index contributed by atoms with van der Waals surface area (Å²) >= 11 is 1.14. The molecule has 0 aliphatic rings. The Morgan fingerprint density at radius 1 is 0.667 bits per heavy atom. The van der Waals surface area contributed by atoms with Crippen LogP contribution in [0, 0.1) is 46.0 Å². The van der Waals surface area contributed by atoms with Gasteiger partial charge in [0.25, 0.3) is 0 Å². The van der Waals surface area contributed by atoms with Crippen molar-refractivity contribution in [3.63, 3.8) is 0 Å². The van der Waals surface area contributed by atoms with Crippen molar-refractivity contribution in [1.82, 2.24) is 0 Å². The molecule has 0 saturated heterocycles. The first-order chi connectivity index (χ1) is 6.20. The van der Waals surface area contributed by atoms with E-state index in [1.54, 1.807) is 0 Å². The Morgan fingerprint density at radius 3 is 0.667 bits per heavy atom. The van der Waals surface area contributed by atoms with Crippen molar-refractivity contribution < 1.29 is 60.3 Å². The molecular weight excluding hydrogens is 592 g/mol. The first kappa shape index (κ1) is 29.2. The smallest absolute Gasteiger partial charge is 2.00 e. The van der Waals surface area contributed by atoms with Gasteiger partial charge < -0.3 is 46.0 Å². The number of rotatable bonds is 0. The Labute approximate surface area is 106 Å². The summed E-state index contributed by atoms with van der Waals surface area (Å²) in [5.74, 6) is 0. The molecule has 0 heterocycles. The van der Waals surface area contributed by atoms with E-state index in [0.717, 1.165) is 20.2 Å². The predicted octanol–water partition coefficient (Wildman–Crippen LogP) is -1.28. The Kier molecular flexibility index (Phi) is 57.0.